The largest absolute Gasteiger partial charge is 0.376 e. The summed E-state index contributed by atoms with van der Waals surface area (Å²) in [5.74, 6) is 0. The van der Waals surface area contributed by atoms with Crippen molar-refractivity contribution in [2.24, 2.45) is 0 Å². The van der Waals surface area contributed by atoms with E-state index in [-0.39, 0.29) is 0 Å². The molecule has 1 aromatic carbocycles. The number of anilines is 2. The minimum Gasteiger partial charge on any atom is -0.376 e. The van der Waals surface area contributed by atoms with E-state index in [0.717, 1.165) is 5.69 Å². The van der Waals surface area contributed by atoms with Crippen LogP contribution in [0.4, 0.5) is 11.4 Å². The van der Waals surface area contributed by atoms with Crippen LogP contribution in [0.1, 0.15) is 0 Å². The first-order chi connectivity index (χ1) is 8.50. The molecule has 96 valence electrons. The van der Waals surface area contributed by atoms with Gasteiger partial charge in [-0.05, 0) is 30.4 Å². The summed E-state index contributed by atoms with van der Waals surface area (Å²) >= 11 is 5.24. The molecule has 2 aromatic rings. The summed E-state index contributed by atoms with van der Waals surface area (Å²) in [5, 5.41) is 0. The molecule has 0 bridgehead atoms. The molecule has 0 amide bonds. The number of rotatable bonds is 3. The monoisotopic (exact) mass is 262 g/mol. The van der Waals surface area contributed by atoms with Crippen LogP contribution < -0.4 is 9.80 Å². The summed E-state index contributed by atoms with van der Waals surface area (Å²) in [6, 6.07) is 6.32. The summed E-state index contributed by atoms with van der Waals surface area (Å²) in [4.78, 5) is 7.22. The van der Waals surface area contributed by atoms with Crippen molar-refractivity contribution in [2.45, 2.75) is 0 Å². The highest BCUT2D eigenvalue weighted by molar-refractivity contribution is 7.71. The lowest BCUT2D eigenvalue weighted by atomic mass is 10.2. The van der Waals surface area contributed by atoms with Crippen molar-refractivity contribution < 1.29 is 0 Å². The molecule has 0 saturated carbocycles. The van der Waals surface area contributed by atoms with Crippen molar-refractivity contribution in [3.05, 3.63) is 35.4 Å². The van der Waals surface area contributed by atoms with E-state index in [9.17, 15) is 0 Å². The third-order valence-corrected chi connectivity index (χ3v) is 3.16. The summed E-state index contributed by atoms with van der Waals surface area (Å²) in [6.07, 6.45) is 3.78. The van der Waals surface area contributed by atoms with Crippen molar-refractivity contribution in [1.29, 1.82) is 0 Å². The Kier molecular flexibility index (Phi) is 3.43. The van der Waals surface area contributed by atoms with Crippen LogP contribution in [0.15, 0.2) is 30.6 Å². The molecule has 0 saturated heterocycles. The Balaban J connectivity index is 2.57. The molecule has 2 rings (SSSR count). The lowest BCUT2D eigenvalue weighted by Crippen LogP contribution is -2.17. The number of imidazole rings is 1. The topological polar surface area (TPSA) is 27.2 Å². The first-order valence-electron chi connectivity index (χ1n) is 5.76. The second-order valence-electron chi connectivity index (χ2n) is 4.60. The number of aromatic amines is 1. The van der Waals surface area contributed by atoms with Crippen molar-refractivity contribution in [2.75, 3.05) is 38.0 Å². The van der Waals surface area contributed by atoms with E-state index in [2.05, 4.69) is 33.0 Å². The maximum Gasteiger partial charge on any atom is 0.181 e. The fourth-order valence-corrected chi connectivity index (χ4v) is 2.16. The minimum absolute atomic E-state index is 0.706. The molecule has 1 N–H and O–H groups in total. The number of hydrogen-bond donors (Lipinski definition) is 1. The summed E-state index contributed by atoms with van der Waals surface area (Å²) < 4.78 is 2.67. The smallest absolute Gasteiger partial charge is 0.181 e. The van der Waals surface area contributed by atoms with E-state index in [4.69, 9.17) is 12.2 Å². The summed E-state index contributed by atoms with van der Waals surface area (Å²) in [7, 11) is 8.18. The highest BCUT2D eigenvalue weighted by atomic mass is 32.1. The molecular weight excluding hydrogens is 244 g/mol. The minimum atomic E-state index is 0.706. The second-order valence-corrected chi connectivity index (χ2v) is 4.98. The Bertz CT molecular complexity index is 595. The lowest BCUT2D eigenvalue weighted by molar-refractivity contribution is 1.02. The van der Waals surface area contributed by atoms with Crippen molar-refractivity contribution in [1.82, 2.24) is 9.55 Å². The van der Waals surface area contributed by atoms with Crippen molar-refractivity contribution in [3.63, 3.8) is 0 Å². The highest BCUT2D eigenvalue weighted by Crippen LogP contribution is 2.29. The number of nitrogens with one attached hydrogen (secondary N) is 1. The predicted molar refractivity (Wildman–Crippen MR) is 79.6 cm³/mol. The second kappa shape index (κ2) is 4.86. The van der Waals surface area contributed by atoms with E-state index in [0.29, 0.717) is 4.77 Å². The molecule has 0 aliphatic rings. The molecule has 5 heteroatoms. The van der Waals surface area contributed by atoms with E-state index in [1.54, 1.807) is 0 Å². The molecule has 0 fully saturated rings. The fourth-order valence-electron chi connectivity index (χ4n) is 1.92. The zero-order valence-corrected chi connectivity index (χ0v) is 12.0. The molecule has 0 unspecified atom stereocenters. The molecule has 0 atom stereocenters. The number of aromatic nitrogens is 2. The van der Waals surface area contributed by atoms with Crippen LogP contribution in [0.25, 0.3) is 5.69 Å². The number of hydrogen-bond acceptors (Lipinski definition) is 3. The van der Waals surface area contributed by atoms with E-state index in [1.807, 2.05) is 45.2 Å². The third-order valence-electron chi connectivity index (χ3n) is 2.85. The molecule has 1 heterocycles. The zero-order chi connectivity index (χ0) is 13.3. The maximum atomic E-state index is 5.24. The molecular formula is C13H18N4S. The predicted octanol–water partition coefficient (Wildman–Crippen LogP) is 2.67. The van der Waals surface area contributed by atoms with Crippen LogP contribution in [-0.2, 0) is 0 Å². The van der Waals surface area contributed by atoms with Gasteiger partial charge < -0.3 is 14.8 Å². The molecule has 1 aromatic heterocycles. The molecule has 4 nitrogen and oxygen atoms in total. The summed E-state index contributed by atoms with van der Waals surface area (Å²) in [5.41, 5.74) is 3.42. The molecule has 0 radical (unpaired) electrons. The van der Waals surface area contributed by atoms with Gasteiger partial charge in [-0.15, -0.1) is 0 Å². The van der Waals surface area contributed by atoms with Gasteiger partial charge in [0, 0.05) is 46.3 Å². The van der Waals surface area contributed by atoms with Gasteiger partial charge in [-0.25, -0.2) is 0 Å². The van der Waals surface area contributed by atoms with Gasteiger partial charge in [-0.3, -0.25) is 4.57 Å². The van der Waals surface area contributed by atoms with Gasteiger partial charge in [0.05, 0.1) is 11.4 Å². The quantitative estimate of drug-likeness (QED) is 0.862. The maximum absolute atomic E-state index is 5.24. The third kappa shape index (κ3) is 2.26. The SMILES string of the molecule is CN(C)c1ccc(-n2cc[nH]c2=S)cc1N(C)C. The van der Waals surface area contributed by atoms with E-state index >= 15 is 0 Å². The zero-order valence-electron chi connectivity index (χ0n) is 11.1. The molecule has 18 heavy (non-hydrogen) atoms. The fraction of sp³-hybridized carbons (Fsp3) is 0.308. The Morgan fingerprint density at radius 1 is 1.06 bits per heavy atom. The average molecular weight is 262 g/mol. The first kappa shape index (κ1) is 12.7. The normalized spacial score (nSPS) is 10.4. The summed E-state index contributed by atoms with van der Waals surface area (Å²) in [6.45, 7) is 0. The van der Waals surface area contributed by atoms with Crippen LogP contribution >= 0.6 is 12.2 Å². The highest BCUT2D eigenvalue weighted by Gasteiger charge is 2.08. The molecule has 0 aliphatic heterocycles. The van der Waals surface area contributed by atoms with Crippen molar-refractivity contribution >= 4 is 23.6 Å². The van der Waals surface area contributed by atoms with E-state index < -0.39 is 0 Å². The van der Waals surface area contributed by atoms with Gasteiger partial charge in [0.25, 0.3) is 0 Å². The van der Waals surface area contributed by atoms with Crippen molar-refractivity contribution in [3.8, 4) is 5.69 Å². The van der Waals surface area contributed by atoms with Gasteiger partial charge in [0.1, 0.15) is 0 Å². The van der Waals surface area contributed by atoms with Gasteiger partial charge in [-0.1, -0.05) is 0 Å². The van der Waals surface area contributed by atoms with Crippen LogP contribution in [0.5, 0.6) is 0 Å². The number of benzene rings is 1. The lowest BCUT2D eigenvalue weighted by Gasteiger charge is -2.23. The first-order valence-corrected chi connectivity index (χ1v) is 6.16. The standard InChI is InChI=1S/C13H18N4S/c1-15(2)11-6-5-10(9-12(11)16(3)4)17-8-7-14-13(17)18/h5-9H,1-4H3,(H,14,18). The Hall–Kier alpha value is -1.75. The Morgan fingerprint density at radius 2 is 1.72 bits per heavy atom. The van der Waals surface area contributed by atoms with Crippen LogP contribution in [0.2, 0.25) is 0 Å². The van der Waals surface area contributed by atoms with Crippen LogP contribution in [-0.4, -0.2) is 37.7 Å². The molecule has 0 aliphatic carbocycles. The van der Waals surface area contributed by atoms with Gasteiger partial charge >= 0.3 is 0 Å². The Labute approximate surface area is 112 Å². The number of nitrogens with zero attached hydrogens (tertiary/aromatic N) is 3. The van der Waals surface area contributed by atoms with Crippen LogP contribution in [0.3, 0.4) is 0 Å². The van der Waals surface area contributed by atoms with Gasteiger partial charge in [0.15, 0.2) is 4.77 Å². The van der Waals surface area contributed by atoms with Gasteiger partial charge in [-0.2, -0.15) is 0 Å². The Morgan fingerprint density at radius 3 is 2.22 bits per heavy atom. The van der Waals surface area contributed by atoms with Gasteiger partial charge in [0.2, 0.25) is 0 Å². The average Bonchev–Trinajstić information content (AvgIpc) is 2.74. The van der Waals surface area contributed by atoms with Crippen LogP contribution in [0, 0.1) is 4.77 Å². The molecule has 0 spiro atoms. The van der Waals surface area contributed by atoms with E-state index in [1.165, 1.54) is 11.4 Å². The number of H-pyrrole nitrogens is 1.